The summed E-state index contributed by atoms with van der Waals surface area (Å²) in [6.07, 6.45) is -0.192. The molecule has 0 saturated carbocycles. The van der Waals surface area contributed by atoms with Crippen LogP contribution >= 0.6 is 0 Å². The van der Waals surface area contributed by atoms with Crippen LogP contribution in [0.5, 0.6) is 0 Å². The minimum absolute atomic E-state index is 0.0183. The predicted octanol–water partition coefficient (Wildman–Crippen LogP) is 1.10. The number of carboxylic acids is 1. The quantitative estimate of drug-likeness (QED) is 0.466. The number of rotatable bonds is 9. The van der Waals surface area contributed by atoms with E-state index in [1.807, 2.05) is 30.3 Å². The first-order valence-electron chi connectivity index (χ1n) is 7.37. The van der Waals surface area contributed by atoms with Crippen LogP contribution in [0.4, 0.5) is 0 Å². The molecule has 0 aromatic heterocycles. The molecule has 0 saturated heterocycles. The maximum Gasteiger partial charge on any atom is 0.305 e. The average molecular weight is 322 g/mol. The smallest absolute Gasteiger partial charge is 0.305 e. The van der Waals surface area contributed by atoms with E-state index in [-0.39, 0.29) is 25.5 Å². The number of hydrogen-bond donors (Lipinski definition) is 3. The standard InChI is InChI=1S/C16H22N2O5/c1-11(2)14(15(21)17-9-8-13(19)20)16(22)18-23-10-12-6-4-3-5-7-12/h3-7,11,14H,8-10H2,1-2H3,(H,17,21)(H,18,22)(H,19,20). The number of benzene rings is 1. The molecule has 7 heteroatoms. The van der Waals surface area contributed by atoms with Gasteiger partial charge in [0.1, 0.15) is 5.92 Å². The maximum absolute atomic E-state index is 12.1. The Morgan fingerprint density at radius 3 is 2.35 bits per heavy atom. The number of amides is 2. The molecule has 1 rings (SSSR count). The molecule has 1 aromatic rings. The van der Waals surface area contributed by atoms with Gasteiger partial charge in [0, 0.05) is 6.54 Å². The number of aliphatic carboxylic acids is 1. The Hall–Kier alpha value is -2.41. The van der Waals surface area contributed by atoms with Crippen LogP contribution in [0.15, 0.2) is 30.3 Å². The molecule has 0 spiro atoms. The van der Waals surface area contributed by atoms with Crippen molar-refractivity contribution in [3.05, 3.63) is 35.9 Å². The summed E-state index contributed by atoms with van der Waals surface area (Å²) in [7, 11) is 0. The summed E-state index contributed by atoms with van der Waals surface area (Å²) in [5.41, 5.74) is 3.17. The molecule has 0 heterocycles. The van der Waals surface area contributed by atoms with Crippen molar-refractivity contribution in [1.29, 1.82) is 0 Å². The molecule has 0 aliphatic carbocycles. The van der Waals surface area contributed by atoms with Crippen LogP contribution in [0.2, 0.25) is 0 Å². The summed E-state index contributed by atoms with van der Waals surface area (Å²) in [4.78, 5) is 39.7. The van der Waals surface area contributed by atoms with E-state index in [1.165, 1.54) is 0 Å². The maximum atomic E-state index is 12.1. The fourth-order valence-corrected chi connectivity index (χ4v) is 1.96. The summed E-state index contributed by atoms with van der Waals surface area (Å²) in [6, 6.07) is 9.29. The second-order valence-corrected chi connectivity index (χ2v) is 5.40. The van der Waals surface area contributed by atoms with Gasteiger partial charge in [-0.05, 0) is 11.5 Å². The van der Waals surface area contributed by atoms with Crippen LogP contribution in [-0.2, 0) is 25.8 Å². The third-order valence-electron chi connectivity index (χ3n) is 3.12. The zero-order valence-electron chi connectivity index (χ0n) is 13.2. The Bertz CT molecular complexity index is 531. The largest absolute Gasteiger partial charge is 0.481 e. The van der Waals surface area contributed by atoms with E-state index in [0.717, 1.165) is 5.56 Å². The van der Waals surface area contributed by atoms with Crippen LogP contribution in [0.1, 0.15) is 25.8 Å². The molecular weight excluding hydrogens is 300 g/mol. The summed E-state index contributed by atoms with van der Waals surface area (Å²) >= 11 is 0. The van der Waals surface area contributed by atoms with Gasteiger partial charge < -0.3 is 10.4 Å². The van der Waals surface area contributed by atoms with Crippen molar-refractivity contribution in [2.24, 2.45) is 11.8 Å². The van der Waals surface area contributed by atoms with E-state index in [0.29, 0.717) is 0 Å². The molecule has 2 amide bonds. The third-order valence-corrected chi connectivity index (χ3v) is 3.12. The molecule has 126 valence electrons. The lowest BCUT2D eigenvalue weighted by Crippen LogP contribution is -2.44. The number of carbonyl (C=O) groups excluding carboxylic acids is 2. The monoisotopic (exact) mass is 322 g/mol. The SMILES string of the molecule is CC(C)C(C(=O)NCCC(=O)O)C(=O)NOCc1ccccc1. The van der Waals surface area contributed by atoms with Crippen molar-refractivity contribution in [3.8, 4) is 0 Å². The average Bonchev–Trinajstić information content (AvgIpc) is 2.47. The zero-order chi connectivity index (χ0) is 17.2. The Morgan fingerprint density at radius 2 is 1.78 bits per heavy atom. The van der Waals surface area contributed by atoms with Gasteiger partial charge in [-0.3, -0.25) is 19.2 Å². The molecule has 1 atom stereocenters. The molecule has 1 aromatic carbocycles. The van der Waals surface area contributed by atoms with Crippen molar-refractivity contribution >= 4 is 17.8 Å². The van der Waals surface area contributed by atoms with Crippen LogP contribution in [0, 0.1) is 11.8 Å². The molecule has 0 bridgehead atoms. The first-order chi connectivity index (χ1) is 10.9. The zero-order valence-corrected chi connectivity index (χ0v) is 13.2. The van der Waals surface area contributed by atoms with E-state index < -0.39 is 23.7 Å². The van der Waals surface area contributed by atoms with E-state index in [4.69, 9.17) is 9.94 Å². The van der Waals surface area contributed by atoms with Crippen LogP contribution in [-0.4, -0.2) is 29.4 Å². The summed E-state index contributed by atoms with van der Waals surface area (Å²) in [5.74, 6) is -3.27. The van der Waals surface area contributed by atoms with Gasteiger partial charge >= 0.3 is 5.97 Å². The normalized spacial score (nSPS) is 11.8. The molecule has 23 heavy (non-hydrogen) atoms. The van der Waals surface area contributed by atoms with Gasteiger partial charge in [0.2, 0.25) is 5.91 Å². The molecule has 0 aliphatic heterocycles. The molecule has 3 N–H and O–H groups in total. The molecular formula is C16H22N2O5. The van der Waals surface area contributed by atoms with E-state index in [2.05, 4.69) is 10.8 Å². The Kier molecular flexibility index (Phi) is 7.76. The molecule has 1 unspecified atom stereocenters. The minimum Gasteiger partial charge on any atom is -0.481 e. The molecule has 0 fully saturated rings. The lowest BCUT2D eigenvalue weighted by Gasteiger charge is -2.19. The lowest BCUT2D eigenvalue weighted by atomic mass is 9.94. The van der Waals surface area contributed by atoms with Gasteiger partial charge in [0.05, 0.1) is 13.0 Å². The first-order valence-corrected chi connectivity index (χ1v) is 7.37. The van der Waals surface area contributed by atoms with E-state index in [1.54, 1.807) is 13.8 Å². The predicted molar refractivity (Wildman–Crippen MR) is 83.0 cm³/mol. The van der Waals surface area contributed by atoms with Crippen molar-refractivity contribution < 1.29 is 24.3 Å². The van der Waals surface area contributed by atoms with Crippen molar-refractivity contribution in [2.75, 3.05) is 6.54 Å². The Balaban J connectivity index is 2.47. The summed E-state index contributed by atoms with van der Waals surface area (Å²) in [5, 5.41) is 11.0. The molecule has 0 radical (unpaired) electrons. The third kappa shape index (κ3) is 6.92. The van der Waals surface area contributed by atoms with E-state index in [9.17, 15) is 14.4 Å². The second kappa shape index (κ2) is 9.58. The highest BCUT2D eigenvalue weighted by Gasteiger charge is 2.29. The highest BCUT2D eigenvalue weighted by Crippen LogP contribution is 2.11. The highest BCUT2D eigenvalue weighted by molar-refractivity contribution is 6.00. The highest BCUT2D eigenvalue weighted by atomic mass is 16.6. The number of hydrogen-bond acceptors (Lipinski definition) is 4. The second-order valence-electron chi connectivity index (χ2n) is 5.40. The van der Waals surface area contributed by atoms with Gasteiger partial charge in [0.15, 0.2) is 0 Å². The number of carboxylic acid groups (broad SMARTS) is 1. The fourth-order valence-electron chi connectivity index (χ4n) is 1.96. The van der Waals surface area contributed by atoms with Gasteiger partial charge in [0.25, 0.3) is 5.91 Å². The summed E-state index contributed by atoms with van der Waals surface area (Å²) < 4.78 is 0. The molecule has 7 nitrogen and oxygen atoms in total. The van der Waals surface area contributed by atoms with Gasteiger partial charge in [-0.1, -0.05) is 44.2 Å². The molecule has 0 aliphatic rings. The lowest BCUT2D eigenvalue weighted by molar-refractivity contribution is -0.146. The fraction of sp³-hybridized carbons (Fsp3) is 0.438. The van der Waals surface area contributed by atoms with Gasteiger partial charge in [-0.2, -0.15) is 0 Å². The van der Waals surface area contributed by atoms with E-state index >= 15 is 0 Å². The number of hydroxylamine groups is 1. The van der Waals surface area contributed by atoms with Gasteiger partial charge in [-0.25, -0.2) is 5.48 Å². The minimum atomic E-state index is -1.01. The van der Waals surface area contributed by atoms with Crippen LogP contribution < -0.4 is 10.8 Å². The van der Waals surface area contributed by atoms with Crippen LogP contribution in [0.3, 0.4) is 0 Å². The summed E-state index contributed by atoms with van der Waals surface area (Å²) in [6.45, 7) is 3.64. The van der Waals surface area contributed by atoms with Crippen molar-refractivity contribution in [2.45, 2.75) is 26.9 Å². The van der Waals surface area contributed by atoms with Gasteiger partial charge in [-0.15, -0.1) is 0 Å². The van der Waals surface area contributed by atoms with Crippen molar-refractivity contribution in [3.63, 3.8) is 0 Å². The Morgan fingerprint density at radius 1 is 1.13 bits per heavy atom. The van der Waals surface area contributed by atoms with Crippen molar-refractivity contribution in [1.82, 2.24) is 10.8 Å². The number of nitrogens with one attached hydrogen (secondary N) is 2. The first kappa shape index (κ1) is 18.6. The topological polar surface area (TPSA) is 105 Å². The van der Waals surface area contributed by atoms with Crippen LogP contribution in [0.25, 0.3) is 0 Å². The Labute approximate surface area is 135 Å². The number of carbonyl (C=O) groups is 3.